The zero-order valence-electron chi connectivity index (χ0n) is 12.2. The quantitative estimate of drug-likeness (QED) is 0.771. The van der Waals surface area contributed by atoms with Crippen LogP contribution in [-0.4, -0.2) is 18.0 Å². The average Bonchev–Trinajstić information content (AvgIpc) is 2.42. The van der Waals surface area contributed by atoms with Crippen molar-refractivity contribution in [3.05, 3.63) is 18.2 Å². The van der Waals surface area contributed by atoms with Crippen molar-refractivity contribution in [3.8, 4) is 5.75 Å². The van der Waals surface area contributed by atoms with Gasteiger partial charge < -0.3 is 15.8 Å². The molecule has 0 bridgehead atoms. The molecule has 2 aliphatic rings. The van der Waals surface area contributed by atoms with Gasteiger partial charge in [-0.05, 0) is 37.8 Å². The molecule has 0 radical (unpaired) electrons. The molecule has 0 amide bonds. The van der Waals surface area contributed by atoms with Crippen LogP contribution < -0.4 is 15.8 Å². The monoisotopic (exact) mass is 273 g/mol. The van der Waals surface area contributed by atoms with Crippen LogP contribution in [0.5, 0.6) is 5.75 Å². The first kappa shape index (κ1) is 13.3. The van der Waals surface area contributed by atoms with E-state index in [1.165, 1.54) is 25.7 Å². The number of rotatable bonds is 1. The van der Waals surface area contributed by atoms with Gasteiger partial charge in [0.1, 0.15) is 11.6 Å². The number of hydrogen-bond acceptors (Lipinski definition) is 3. The lowest BCUT2D eigenvalue weighted by molar-refractivity contribution is 0.277. The maximum absolute atomic E-state index is 5.93. The van der Waals surface area contributed by atoms with E-state index in [9.17, 15) is 0 Å². The number of nitrogens with one attached hydrogen (secondary N) is 1. The Morgan fingerprint density at radius 2 is 2.05 bits per heavy atom. The molecular weight excluding hydrogens is 250 g/mol. The zero-order valence-corrected chi connectivity index (χ0v) is 12.2. The van der Waals surface area contributed by atoms with E-state index in [0.717, 1.165) is 23.0 Å². The molecule has 1 aromatic carbocycles. The molecule has 1 aliphatic carbocycles. The summed E-state index contributed by atoms with van der Waals surface area (Å²) in [5, 5.41) is 3.41. The highest BCUT2D eigenvalue weighted by atomic mass is 16.5. The number of hydrogen-bond donors (Lipinski definition) is 2. The summed E-state index contributed by atoms with van der Waals surface area (Å²) < 4.78 is 5.93. The highest BCUT2D eigenvalue weighted by Gasteiger charge is 2.26. The van der Waals surface area contributed by atoms with E-state index in [1.54, 1.807) is 0 Å². The van der Waals surface area contributed by atoms with Crippen molar-refractivity contribution in [2.45, 2.75) is 51.7 Å². The van der Waals surface area contributed by atoms with E-state index in [2.05, 4.69) is 12.2 Å². The number of nitrogens with two attached hydrogens (primary N) is 1. The second-order valence-electron chi connectivity index (χ2n) is 5.98. The summed E-state index contributed by atoms with van der Waals surface area (Å²) in [6.45, 7) is 4.34. The fourth-order valence-electron chi connectivity index (χ4n) is 3.03. The SMILES string of the molecule is CC1Oc2cc(N)ccc2NC1=NC1CCCCC1C. The van der Waals surface area contributed by atoms with Crippen LogP contribution in [0.4, 0.5) is 11.4 Å². The molecule has 1 aromatic rings. The molecule has 0 saturated heterocycles. The fraction of sp³-hybridized carbons (Fsp3) is 0.562. The van der Waals surface area contributed by atoms with Crippen molar-refractivity contribution < 1.29 is 4.74 Å². The summed E-state index contributed by atoms with van der Waals surface area (Å²) >= 11 is 0. The van der Waals surface area contributed by atoms with E-state index in [-0.39, 0.29) is 6.10 Å². The second kappa shape index (κ2) is 5.35. The standard InChI is InChI=1S/C16H23N3O/c1-10-5-3-4-6-13(10)18-16-11(2)20-15-9-12(17)7-8-14(15)19-16/h7-11,13H,3-6,17H2,1-2H3,(H,18,19). The van der Waals surface area contributed by atoms with Crippen LogP contribution in [0, 0.1) is 5.92 Å². The van der Waals surface area contributed by atoms with E-state index >= 15 is 0 Å². The first-order chi connectivity index (χ1) is 9.63. The van der Waals surface area contributed by atoms with Gasteiger partial charge in [0.25, 0.3) is 0 Å². The molecule has 3 unspecified atom stereocenters. The smallest absolute Gasteiger partial charge is 0.153 e. The highest BCUT2D eigenvalue weighted by Crippen LogP contribution is 2.33. The normalized spacial score (nSPS) is 31.3. The third-order valence-electron chi connectivity index (χ3n) is 4.33. The number of fused-ring (bicyclic) bond motifs is 1. The Balaban J connectivity index is 1.82. The van der Waals surface area contributed by atoms with Crippen LogP contribution in [0.25, 0.3) is 0 Å². The van der Waals surface area contributed by atoms with Crippen LogP contribution in [0.3, 0.4) is 0 Å². The van der Waals surface area contributed by atoms with Crippen LogP contribution in [0.15, 0.2) is 23.2 Å². The molecule has 4 heteroatoms. The van der Waals surface area contributed by atoms with Crippen molar-refractivity contribution in [2.24, 2.45) is 10.9 Å². The van der Waals surface area contributed by atoms with Gasteiger partial charge in [0.05, 0.1) is 11.7 Å². The van der Waals surface area contributed by atoms with E-state index in [4.69, 9.17) is 15.5 Å². The number of aliphatic imine (C=N–C) groups is 1. The summed E-state index contributed by atoms with van der Waals surface area (Å²) in [5.74, 6) is 2.42. The van der Waals surface area contributed by atoms with Gasteiger partial charge in [-0.25, -0.2) is 0 Å². The number of anilines is 2. The Morgan fingerprint density at radius 1 is 1.25 bits per heavy atom. The number of ether oxygens (including phenoxy) is 1. The van der Waals surface area contributed by atoms with Crippen molar-refractivity contribution >= 4 is 17.2 Å². The molecule has 108 valence electrons. The molecule has 3 rings (SSSR count). The highest BCUT2D eigenvalue weighted by molar-refractivity contribution is 6.01. The zero-order chi connectivity index (χ0) is 14.1. The molecule has 4 nitrogen and oxygen atoms in total. The molecular formula is C16H23N3O. The molecule has 3 atom stereocenters. The van der Waals surface area contributed by atoms with Gasteiger partial charge in [0.2, 0.25) is 0 Å². The Labute approximate surface area is 120 Å². The maximum Gasteiger partial charge on any atom is 0.153 e. The van der Waals surface area contributed by atoms with Gasteiger partial charge in [-0.3, -0.25) is 4.99 Å². The largest absolute Gasteiger partial charge is 0.481 e. The fourth-order valence-corrected chi connectivity index (χ4v) is 3.03. The first-order valence-corrected chi connectivity index (χ1v) is 7.54. The predicted molar refractivity (Wildman–Crippen MR) is 83.4 cm³/mol. The average molecular weight is 273 g/mol. The van der Waals surface area contributed by atoms with E-state index < -0.39 is 0 Å². The van der Waals surface area contributed by atoms with Gasteiger partial charge >= 0.3 is 0 Å². The van der Waals surface area contributed by atoms with Gasteiger partial charge in [-0.15, -0.1) is 0 Å². The van der Waals surface area contributed by atoms with Crippen molar-refractivity contribution in [1.82, 2.24) is 0 Å². The molecule has 1 heterocycles. The minimum absolute atomic E-state index is 0.0431. The third-order valence-corrected chi connectivity index (χ3v) is 4.33. The van der Waals surface area contributed by atoms with Gasteiger partial charge in [-0.2, -0.15) is 0 Å². The summed E-state index contributed by atoms with van der Waals surface area (Å²) in [4.78, 5) is 4.93. The number of nitrogens with zero attached hydrogens (tertiary/aromatic N) is 1. The summed E-state index contributed by atoms with van der Waals surface area (Å²) in [7, 11) is 0. The molecule has 1 saturated carbocycles. The Hall–Kier alpha value is -1.71. The minimum atomic E-state index is -0.0431. The molecule has 1 fully saturated rings. The summed E-state index contributed by atoms with van der Waals surface area (Å²) in [6.07, 6.45) is 5.05. The van der Waals surface area contributed by atoms with Gasteiger partial charge in [0.15, 0.2) is 6.10 Å². The Morgan fingerprint density at radius 3 is 2.85 bits per heavy atom. The van der Waals surface area contributed by atoms with Crippen LogP contribution >= 0.6 is 0 Å². The van der Waals surface area contributed by atoms with E-state index in [0.29, 0.717) is 12.0 Å². The lowest BCUT2D eigenvalue weighted by Crippen LogP contribution is -2.37. The Bertz CT molecular complexity index is 526. The minimum Gasteiger partial charge on any atom is -0.481 e. The van der Waals surface area contributed by atoms with Crippen molar-refractivity contribution in [2.75, 3.05) is 11.1 Å². The molecule has 0 spiro atoms. The molecule has 0 aromatic heterocycles. The Kier molecular flexibility index (Phi) is 3.55. The molecule has 20 heavy (non-hydrogen) atoms. The predicted octanol–water partition coefficient (Wildman–Crippen LogP) is 3.44. The molecule has 3 N–H and O–H groups in total. The van der Waals surface area contributed by atoms with Gasteiger partial charge in [0, 0.05) is 11.8 Å². The number of benzene rings is 1. The van der Waals surface area contributed by atoms with E-state index in [1.807, 2.05) is 25.1 Å². The van der Waals surface area contributed by atoms with Crippen LogP contribution in [-0.2, 0) is 0 Å². The summed E-state index contributed by atoms with van der Waals surface area (Å²) in [5.41, 5.74) is 7.47. The topological polar surface area (TPSA) is 59.6 Å². The van der Waals surface area contributed by atoms with Gasteiger partial charge in [-0.1, -0.05) is 19.8 Å². The third kappa shape index (κ3) is 2.60. The lowest BCUT2D eigenvalue weighted by atomic mass is 9.86. The lowest BCUT2D eigenvalue weighted by Gasteiger charge is -2.31. The first-order valence-electron chi connectivity index (χ1n) is 7.54. The second-order valence-corrected chi connectivity index (χ2v) is 5.98. The molecule has 1 aliphatic heterocycles. The number of amidine groups is 1. The van der Waals surface area contributed by atoms with Crippen molar-refractivity contribution in [1.29, 1.82) is 0 Å². The van der Waals surface area contributed by atoms with Crippen molar-refractivity contribution in [3.63, 3.8) is 0 Å². The summed E-state index contributed by atoms with van der Waals surface area (Å²) in [6, 6.07) is 6.12. The van der Waals surface area contributed by atoms with Crippen LogP contribution in [0.2, 0.25) is 0 Å². The number of nitrogen functional groups attached to an aromatic ring is 1. The maximum atomic E-state index is 5.93. The van der Waals surface area contributed by atoms with Crippen LogP contribution in [0.1, 0.15) is 39.5 Å².